The average molecular weight is 393 g/mol. The van der Waals surface area contributed by atoms with Gasteiger partial charge in [0.2, 0.25) is 0 Å². The molecule has 0 saturated heterocycles. The number of benzene rings is 2. The molecule has 138 valence electrons. The van der Waals surface area contributed by atoms with Gasteiger partial charge in [-0.3, -0.25) is 0 Å². The zero-order valence-corrected chi connectivity index (χ0v) is 14.7. The van der Waals surface area contributed by atoms with Gasteiger partial charge in [-0.05, 0) is 31.2 Å². The molecule has 2 aromatic carbocycles. The van der Waals surface area contributed by atoms with Gasteiger partial charge in [-0.1, -0.05) is 53.3 Å². The number of halogens is 4. The Morgan fingerprint density at radius 2 is 1.81 bits per heavy atom. The monoisotopic (exact) mass is 392 g/mol. The lowest BCUT2D eigenvalue weighted by atomic mass is 9.98. The van der Waals surface area contributed by atoms with Gasteiger partial charge in [0.25, 0.3) is 0 Å². The lowest BCUT2D eigenvalue weighted by molar-refractivity contribution is -0.204. The van der Waals surface area contributed by atoms with Crippen LogP contribution in [-0.4, -0.2) is 22.3 Å². The van der Waals surface area contributed by atoms with Gasteiger partial charge in [0.05, 0.1) is 5.56 Å². The van der Waals surface area contributed by atoms with Crippen LogP contribution in [0.2, 0.25) is 0 Å². The van der Waals surface area contributed by atoms with Crippen molar-refractivity contribution in [2.45, 2.75) is 18.2 Å². The number of fused-ring (bicyclic) bond motifs is 1. The van der Waals surface area contributed by atoms with Crippen molar-refractivity contribution < 1.29 is 27.8 Å². The first-order valence-corrected chi connectivity index (χ1v) is 8.11. The Morgan fingerprint density at radius 1 is 1.15 bits per heavy atom. The lowest BCUT2D eigenvalue weighted by Crippen LogP contribution is -2.50. The summed E-state index contributed by atoms with van der Waals surface area (Å²) in [6.07, 6.45) is -4.29. The zero-order chi connectivity index (χ0) is 19.8. The minimum absolute atomic E-state index is 0.156. The molecule has 0 spiro atoms. The van der Waals surface area contributed by atoms with Crippen molar-refractivity contribution in [1.82, 2.24) is 0 Å². The smallest absolute Gasteiger partial charge is 0.448 e. The summed E-state index contributed by atoms with van der Waals surface area (Å²) in [5.74, 6) is 3.58. The molecule has 0 amide bonds. The summed E-state index contributed by atoms with van der Waals surface area (Å²) < 4.78 is 45.3. The molecule has 0 radical (unpaired) electrons. The van der Waals surface area contributed by atoms with Crippen molar-refractivity contribution in [2.75, 3.05) is 0 Å². The molecule has 1 atom stereocenters. The molecule has 0 saturated carbocycles. The Hall–Kier alpha value is -2.91. The molecule has 2 aromatic rings. The largest absolute Gasteiger partial charge is 0.478 e. The molecular weight excluding hydrogens is 381 g/mol. The number of carboxylic acid groups (broad SMARTS) is 1. The van der Waals surface area contributed by atoms with Crippen molar-refractivity contribution in [1.29, 1.82) is 0 Å². The predicted octanol–water partition coefficient (Wildman–Crippen LogP) is 4.75. The van der Waals surface area contributed by atoms with Crippen LogP contribution in [0.5, 0.6) is 5.75 Å². The number of aryl methyl sites for hydroxylation is 1. The number of alkyl halides is 4. The van der Waals surface area contributed by atoms with Crippen LogP contribution in [0.3, 0.4) is 0 Å². The molecule has 0 aromatic heterocycles. The summed E-state index contributed by atoms with van der Waals surface area (Å²) in [6.45, 7) is 1.92. The molecule has 3 rings (SSSR count). The third-order valence-electron chi connectivity index (χ3n) is 3.92. The highest BCUT2D eigenvalue weighted by atomic mass is 35.5. The summed E-state index contributed by atoms with van der Waals surface area (Å²) >= 11 is 5.60. The Kier molecular flexibility index (Phi) is 4.66. The highest BCUT2D eigenvalue weighted by Crippen LogP contribution is 2.48. The molecule has 7 heteroatoms. The first-order valence-electron chi connectivity index (χ1n) is 7.73. The topological polar surface area (TPSA) is 46.5 Å². The van der Waals surface area contributed by atoms with Gasteiger partial charge < -0.3 is 9.84 Å². The number of para-hydroxylation sites is 1. The molecule has 0 bridgehead atoms. The maximum Gasteiger partial charge on any atom is 0.448 e. The highest BCUT2D eigenvalue weighted by Gasteiger charge is 2.62. The molecule has 1 unspecified atom stereocenters. The SMILES string of the molecule is Cc1ccc(C#Cc2cccc3c2OC(Cl)(C(F)(F)F)C(C(=O)O)=C3)cc1. The van der Waals surface area contributed by atoms with Gasteiger partial charge in [0.1, 0.15) is 11.3 Å². The number of hydrogen-bond acceptors (Lipinski definition) is 2. The van der Waals surface area contributed by atoms with Gasteiger partial charge in [-0.15, -0.1) is 0 Å². The number of hydrogen-bond donors (Lipinski definition) is 1. The first kappa shape index (κ1) is 18.9. The third kappa shape index (κ3) is 3.51. The van der Waals surface area contributed by atoms with Crippen LogP contribution in [0.25, 0.3) is 6.08 Å². The second-order valence-corrected chi connectivity index (χ2v) is 6.43. The Labute approximate surface area is 158 Å². The van der Waals surface area contributed by atoms with Crippen LogP contribution in [0.1, 0.15) is 22.3 Å². The highest BCUT2D eigenvalue weighted by molar-refractivity contribution is 6.29. The van der Waals surface area contributed by atoms with E-state index in [0.717, 1.165) is 11.6 Å². The lowest BCUT2D eigenvalue weighted by Gasteiger charge is -2.34. The van der Waals surface area contributed by atoms with Crippen LogP contribution in [0.4, 0.5) is 13.2 Å². The van der Waals surface area contributed by atoms with Crippen LogP contribution >= 0.6 is 11.6 Å². The van der Waals surface area contributed by atoms with E-state index in [1.165, 1.54) is 12.1 Å². The Balaban J connectivity index is 2.11. The molecule has 0 aliphatic carbocycles. The van der Waals surface area contributed by atoms with Crippen LogP contribution in [-0.2, 0) is 4.79 Å². The zero-order valence-electron chi connectivity index (χ0n) is 13.9. The van der Waals surface area contributed by atoms with Crippen molar-refractivity contribution in [3.8, 4) is 17.6 Å². The number of aliphatic carboxylic acids is 1. The van der Waals surface area contributed by atoms with E-state index in [0.29, 0.717) is 5.56 Å². The third-order valence-corrected chi connectivity index (χ3v) is 4.42. The van der Waals surface area contributed by atoms with Crippen molar-refractivity contribution in [3.63, 3.8) is 0 Å². The maximum atomic E-state index is 13.5. The second-order valence-electron chi connectivity index (χ2n) is 5.90. The normalized spacial score (nSPS) is 18.5. The fraction of sp³-hybridized carbons (Fsp3) is 0.150. The molecule has 1 N–H and O–H groups in total. The average Bonchev–Trinajstić information content (AvgIpc) is 2.59. The minimum Gasteiger partial charge on any atom is -0.478 e. The Morgan fingerprint density at radius 3 is 2.41 bits per heavy atom. The van der Waals surface area contributed by atoms with Crippen molar-refractivity contribution >= 4 is 23.6 Å². The fourth-order valence-corrected chi connectivity index (χ4v) is 2.72. The van der Waals surface area contributed by atoms with E-state index >= 15 is 0 Å². The fourth-order valence-electron chi connectivity index (χ4n) is 2.51. The number of carbonyl (C=O) groups is 1. The molecule has 0 fully saturated rings. The minimum atomic E-state index is -5.14. The molecule has 1 heterocycles. The van der Waals surface area contributed by atoms with E-state index in [2.05, 4.69) is 11.8 Å². The second kappa shape index (κ2) is 6.67. The first-order chi connectivity index (χ1) is 12.6. The summed E-state index contributed by atoms with van der Waals surface area (Å²) in [6, 6.07) is 11.7. The number of rotatable bonds is 1. The number of ether oxygens (including phenoxy) is 1. The van der Waals surface area contributed by atoms with Gasteiger partial charge in [0, 0.05) is 11.1 Å². The van der Waals surface area contributed by atoms with Crippen LogP contribution in [0, 0.1) is 18.8 Å². The maximum absolute atomic E-state index is 13.5. The van der Waals surface area contributed by atoms with Gasteiger partial charge in [-0.25, -0.2) is 4.79 Å². The quantitative estimate of drug-likeness (QED) is 0.562. The summed E-state index contributed by atoms with van der Waals surface area (Å²) in [5.41, 5.74) is 0.938. The molecule has 1 aliphatic heterocycles. The van der Waals surface area contributed by atoms with E-state index in [9.17, 15) is 18.0 Å². The van der Waals surface area contributed by atoms with Crippen LogP contribution in [0.15, 0.2) is 48.0 Å². The van der Waals surface area contributed by atoms with Crippen molar-refractivity contribution in [3.05, 3.63) is 70.3 Å². The molecule has 27 heavy (non-hydrogen) atoms. The van der Waals surface area contributed by atoms with Gasteiger partial charge >= 0.3 is 17.2 Å². The molecule has 1 aliphatic rings. The predicted molar refractivity (Wildman–Crippen MR) is 94.5 cm³/mol. The van der Waals surface area contributed by atoms with E-state index in [-0.39, 0.29) is 16.9 Å². The summed E-state index contributed by atoms with van der Waals surface area (Å²) in [5, 5.41) is 5.65. The standard InChI is InChI=1S/C20H12ClF3O3/c1-12-5-7-13(8-6-12)9-10-14-3-2-4-15-11-16(18(25)26)19(21,20(22,23)24)27-17(14)15/h2-8,11H,1H3,(H,25,26). The van der Waals surface area contributed by atoms with Crippen molar-refractivity contribution in [2.24, 2.45) is 0 Å². The van der Waals surface area contributed by atoms with E-state index in [1.54, 1.807) is 18.2 Å². The number of carboxylic acids is 1. The van der Waals surface area contributed by atoms with Gasteiger partial charge in [-0.2, -0.15) is 13.2 Å². The van der Waals surface area contributed by atoms with E-state index < -0.39 is 22.8 Å². The molecular formula is C20H12ClF3O3. The molecule has 3 nitrogen and oxygen atoms in total. The Bertz CT molecular complexity index is 998. The van der Waals surface area contributed by atoms with Crippen LogP contribution < -0.4 is 4.74 Å². The summed E-state index contributed by atoms with van der Waals surface area (Å²) in [4.78, 5) is 11.3. The van der Waals surface area contributed by atoms with Gasteiger partial charge in [0.15, 0.2) is 0 Å². The summed E-state index contributed by atoms with van der Waals surface area (Å²) in [7, 11) is 0. The van der Waals surface area contributed by atoms with E-state index in [1.807, 2.05) is 19.1 Å². The van der Waals surface area contributed by atoms with E-state index in [4.69, 9.17) is 21.4 Å².